The average Bonchev–Trinajstić information content (AvgIpc) is 2.72. The summed E-state index contributed by atoms with van der Waals surface area (Å²) in [7, 11) is 1.58. The second-order valence-corrected chi connectivity index (χ2v) is 7.08. The molecule has 0 amide bonds. The van der Waals surface area contributed by atoms with E-state index in [0.29, 0.717) is 24.3 Å². The smallest absolute Gasteiger partial charge is 0.357 e. The van der Waals surface area contributed by atoms with Crippen LogP contribution in [-0.4, -0.2) is 40.6 Å². The van der Waals surface area contributed by atoms with E-state index in [0.717, 1.165) is 25.0 Å². The molecule has 0 bridgehead atoms. The van der Waals surface area contributed by atoms with E-state index in [4.69, 9.17) is 0 Å². The van der Waals surface area contributed by atoms with Crippen molar-refractivity contribution in [2.75, 3.05) is 31.1 Å². The van der Waals surface area contributed by atoms with Crippen molar-refractivity contribution in [3.8, 4) is 0 Å². The van der Waals surface area contributed by atoms with Crippen LogP contribution in [0.3, 0.4) is 0 Å². The van der Waals surface area contributed by atoms with E-state index >= 15 is 0 Å². The predicted octanol–water partition coefficient (Wildman–Crippen LogP) is 2.77. The normalized spacial score (nSPS) is 15.1. The zero-order valence-corrected chi connectivity index (χ0v) is 15.7. The molecule has 4 rings (SSSR count). The highest BCUT2D eigenvalue weighted by Crippen LogP contribution is 2.33. The van der Waals surface area contributed by atoms with Crippen molar-refractivity contribution in [1.29, 1.82) is 0 Å². The molecule has 0 saturated carbocycles. The predicted molar refractivity (Wildman–Crippen MR) is 110 cm³/mol. The van der Waals surface area contributed by atoms with Gasteiger partial charge in [0.25, 0.3) is 0 Å². The van der Waals surface area contributed by atoms with Crippen LogP contribution in [0.15, 0.2) is 59.4 Å². The first-order chi connectivity index (χ1) is 13.6. The maximum atomic E-state index is 12.7. The molecule has 1 saturated heterocycles. The molecule has 7 nitrogen and oxygen atoms in total. The van der Waals surface area contributed by atoms with Gasteiger partial charge >= 0.3 is 11.2 Å². The summed E-state index contributed by atoms with van der Waals surface area (Å²) in [6.45, 7) is 3.72. The fourth-order valence-electron chi connectivity index (χ4n) is 3.92. The van der Waals surface area contributed by atoms with Crippen molar-refractivity contribution in [3.05, 3.63) is 80.6 Å². The molecule has 28 heavy (non-hydrogen) atoms. The number of nitro groups is 1. The van der Waals surface area contributed by atoms with E-state index in [1.807, 2.05) is 47.4 Å². The van der Waals surface area contributed by atoms with Crippen molar-refractivity contribution in [2.45, 2.75) is 6.54 Å². The molecule has 1 aromatic heterocycles. The molecule has 3 aromatic rings. The first kappa shape index (κ1) is 18.2. The minimum Gasteiger partial charge on any atom is -0.363 e. The number of aryl methyl sites for hydroxylation is 1. The molecule has 0 spiro atoms. The van der Waals surface area contributed by atoms with Crippen molar-refractivity contribution in [1.82, 2.24) is 9.47 Å². The molecule has 2 heterocycles. The summed E-state index contributed by atoms with van der Waals surface area (Å²) in [5, 5.41) is 12.5. The summed E-state index contributed by atoms with van der Waals surface area (Å²) in [5.41, 5.74) is 1.51. The van der Waals surface area contributed by atoms with E-state index in [-0.39, 0.29) is 5.69 Å². The number of aromatic nitrogens is 1. The molecule has 1 fully saturated rings. The molecule has 0 aliphatic carbocycles. The summed E-state index contributed by atoms with van der Waals surface area (Å²) in [6, 6.07) is 17.6. The first-order valence-corrected chi connectivity index (χ1v) is 9.33. The fourth-order valence-corrected chi connectivity index (χ4v) is 3.92. The van der Waals surface area contributed by atoms with Gasteiger partial charge in [-0.05, 0) is 11.6 Å². The number of piperazine rings is 1. The monoisotopic (exact) mass is 378 g/mol. The molecular weight excluding hydrogens is 356 g/mol. The fraction of sp³-hybridized carbons (Fsp3) is 0.286. The maximum Gasteiger partial charge on any atom is 0.357 e. The summed E-state index contributed by atoms with van der Waals surface area (Å²) >= 11 is 0. The van der Waals surface area contributed by atoms with E-state index in [9.17, 15) is 14.9 Å². The number of fused-ring (bicyclic) bond motifs is 1. The third kappa shape index (κ3) is 3.25. The van der Waals surface area contributed by atoms with Crippen LogP contribution in [0.4, 0.5) is 11.4 Å². The van der Waals surface area contributed by atoms with Crippen LogP contribution in [0.2, 0.25) is 0 Å². The van der Waals surface area contributed by atoms with E-state index in [1.54, 1.807) is 7.05 Å². The van der Waals surface area contributed by atoms with Crippen molar-refractivity contribution < 1.29 is 4.92 Å². The van der Waals surface area contributed by atoms with Gasteiger partial charge in [0, 0.05) is 45.2 Å². The summed E-state index contributed by atoms with van der Waals surface area (Å²) in [4.78, 5) is 28.2. The van der Waals surface area contributed by atoms with Crippen LogP contribution >= 0.6 is 0 Å². The van der Waals surface area contributed by atoms with Gasteiger partial charge in [0.2, 0.25) is 0 Å². The average molecular weight is 378 g/mol. The number of hydrogen-bond donors (Lipinski definition) is 0. The standard InChI is InChI=1S/C21H22N4O3/c1-22-18-10-6-5-9-17(18)19(20(21(22)26)25(27)28)24-13-11-23(12-14-24)15-16-7-3-2-4-8-16/h2-10H,11-15H2,1H3. The van der Waals surface area contributed by atoms with Gasteiger partial charge in [-0.15, -0.1) is 0 Å². The number of para-hydroxylation sites is 1. The first-order valence-electron chi connectivity index (χ1n) is 9.33. The molecule has 1 aliphatic rings. The Kier molecular flexibility index (Phi) is 4.83. The number of benzene rings is 2. The van der Waals surface area contributed by atoms with Crippen LogP contribution < -0.4 is 10.5 Å². The van der Waals surface area contributed by atoms with Crippen molar-refractivity contribution >= 4 is 22.3 Å². The van der Waals surface area contributed by atoms with Gasteiger partial charge in [-0.1, -0.05) is 48.5 Å². The number of rotatable bonds is 4. The van der Waals surface area contributed by atoms with Gasteiger partial charge in [0.15, 0.2) is 0 Å². The van der Waals surface area contributed by atoms with Gasteiger partial charge in [0.1, 0.15) is 5.69 Å². The molecule has 144 valence electrons. The van der Waals surface area contributed by atoms with Crippen LogP contribution in [-0.2, 0) is 13.6 Å². The van der Waals surface area contributed by atoms with Gasteiger partial charge in [0.05, 0.1) is 10.4 Å². The number of nitrogens with zero attached hydrogens (tertiary/aromatic N) is 4. The zero-order chi connectivity index (χ0) is 19.7. The molecule has 0 radical (unpaired) electrons. The van der Waals surface area contributed by atoms with E-state index in [1.165, 1.54) is 10.1 Å². The molecule has 1 aliphatic heterocycles. The highest BCUT2D eigenvalue weighted by Gasteiger charge is 2.30. The highest BCUT2D eigenvalue weighted by atomic mass is 16.6. The molecule has 0 atom stereocenters. The molecule has 2 aromatic carbocycles. The topological polar surface area (TPSA) is 71.6 Å². The lowest BCUT2D eigenvalue weighted by Crippen LogP contribution is -2.46. The van der Waals surface area contributed by atoms with E-state index in [2.05, 4.69) is 17.0 Å². The Hall–Kier alpha value is -3.19. The molecule has 7 heteroatoms. The molecular formula is C21H22N4O3. The molecule has 0 unspecified atom stereocenters. The SMILES string of the molecule is Cn1c(=O)c([N+](=O)[O-])c(N2CCN(Cc3ccccc3)CC2)c2ccccc21. The van der Waals surface area contributed by atoms with Gasteiger partial charge in [-0.3, -0.25) is 19.8 Å². The number of pyridine rings is 1. The van der Waals surface area contributed by atoms with Gasteiger partial charge < -0.3 is 9.47 Å². The minimum atomic E-state index is -0.564. The Morgan fingerprint density at radius 1 is 0.964 bits per heavy atom. The number of anilines is 1. The Balaban J connectivity index is 1.67. The summed E-state index contributed by atoms with van der Waals surface area (Å²) < 4.78 is 1.36. The Morgan fingerprint density at radius 2 is 1.61 bits per heavy atom. The van der Waals surface area contributed by atoms with Crippen molar-refractivity contribution in [2.24, 2.45) is 7.05 Å². The van der Waals surface area contributed by atoms with Gasteiger partial charge in [-0.2, -0.15) is 0 Å². The maximum absolute atomic E-state index is 12.7. The lowest BCUT2D eigenvalue weighted by atomic mass is 10.1. The van der Waals surface area contributed by atoms with Gasteiger partial charge in [-0.25, -0.2) is 0 Å². The largest absolute Gasteiger partial charge is 0.363 e. The van der Waals surface area contributed by atoms with Crippen LogP contribution in [0.5, 0.6) is 0 Å². The Bertz CT molecular complexity index is 1070. The van der Waals surface area contributed by atoms with E-state index < -0.39 is 10.5 Å². The van der Waals surface area contributed by atoms with Crippen molar-refractivity contribution in [3.63, 3.8) is 0 Å². The lowest BCUT2D eigenvalue weighted by molar-refractivity contribution is -0.385. The Labute approximate surface area is 162 Å². The Morgan fingerprint density at radius 3 is 2.29 bits per heavy atom. The van der Waals surface area contributed by atoms with Crippen LogP contribution in [0.1, 0.15) is 5.56 Å². The molecule has 0 N–H and O–H groups in total. The second-order valence-electron chi connectivity index (χ2n) is 7.08. The summed E-state index contributed by atoms with van der Waals surface area (Å²) in [5.74, 6) is 0. The second kappa shape index (κ2) is 7.44. The third-order valence-corrected chi connectivity index (χ3v) is 5.37. The van der Waals surface area contributed by atoms with Crippen LogP contribution in [0.25, 0.3) is 10.9 Å². The number of hydrogen-bond acceptors (Lipinski definition) is 5. The highest BCUT2D eigenvalue weighted by molar-refractivity contribution is 5.96. The quantitative estimate of drug-likeness (QED) is 0.516. The summed E-state index contributed by atoms with van der Waals surface area (Å²) in [6.07, 6.45) is 0. The minimum absolute atomic E-state index is 0.335. The third-order valence-electron chi connectivity index (χ3n) is 5.37. The zero-order valence-electron chi connectivity index (χ0n) is 15.7. The lowest BCUT2D eigenvalue weighted by Gasteiger charge is -2.36. The van der Waals surface area contributed by atoms with Crippen LogP contribution in [0, 0.1) is 10.1 Å².